The highest BCUT2D eigenvalue weighted by molar-refractivity contribution is 5.67. The largest absolute Gasteiger partial charge is 0.480 e. The van der Waals surface area contributed by atoms with E-state index in [9.17, 15) is 4.79 Å². The second-order valence-electron chi connectivity index (χ2n) is 4.07. The molecule has 0 aliphatic carbocycles. The lowest BCUT2D eigenvalue weighted by molar-refractivity contribution is -0.142. The van der Waals surface area contributed by atoms with Crippen LogP contribution in [0.3, 0.4) is 0 Å². The average Bonchev–Trinajstić information content (AvgIpc) is 2.76. The van der Waals surface area contributed by atoms with Crippen molar-refractivity contribution in [3.8, 4) is 11.5 Å². The van der Waals surface area contributed by atoms with Gasteiger partial charge in [0.2, 0.25) is 5.82 Å². The van der Waals surface area contributed by atoms with Crippen molar-refractivity contribution in [2.45, 2.75) is 20.5 Å². The number of aliphatic carboxylic acids is 1. The lowest BCUT2D eigenvalue weighted by Gasteiger charge is -1.98. The predicted octanol–water partition coefficient (Wildman–Crippen LogP) is 1.35. The van der Waals surface area contributed by atoms with Crippen LogP contribution in [0.5, 0.6) is 0 Å². The summed E-state index contributed by atoms with van der Waals surface area (Å²) in [6.45, 7) is 3.40. The van der Waals surface area contributed by atoms with Gasteiger partial charge < -0.3 is 14.4 Å². The molecule has 0 bridgehead atoms. The molecule has 2 rings (SSSR count). The van der Waals surface area contributed by atoms with Gasteiger partial charge in [-0.2, -0.15) is 4.98 Å². The Morgan fingerprint density at radius 3 is 2.84 bits per heavy atom. The Kier molecular flexibility index (Phi) is 3.86. The second kappa shape index (κ2) is 5.57. The standard InChI is InChI=1S/C12H13N3O4/c1-7-3-8(2)13-9(4-7)12-14-10(19-15-12)5-18-6-11(16)17/h3-4H,5-6H2,1-2H3,(H,16,17). The molecular formula is C12H13N3O4. The van der Waals surface area contributed by atoms with Gasteiger partial charge in [-0.25, -0.2) is 9.78 Å². The Labute approximate surface area is 109 Å². The topological polar surface area (TPSA) is 98.3 Å². The minimum absolute atomic E-state index is 0.0376. The summed E-state index contributed by atoms with van der Waals surface area (Å²) >= 11 is 0. The van der Waals surface area contributed by atoms with Gasteiger partial charge in [0.25, 0.3) is 5.89 Å². The summed E-state index contributed by atoms with van der Waals surface area (Å²) in [7, 11) is 0. The van der Waals surface area contributed by atoms with Crippen LogP contribution in [-0.2, 0) is 16.1 Å². The molecule has 0 fully saturated rings. The highest BCUT2D eigenvalue weighted by Gasteiger charge is 2.11. The number of hydrogen-bond donors (Lipinski definition) is 1. The van der Waals surface area contributed by atoms with Gasteiger partial charge in [0.15, 0.2) is 0 Å². The maximum Gasteiger partial charge on any atom is 0.329 e. The number of aromatic nitrogens is 3. The first-order chi connectivity index (χ1) is 9.04. The van der Waals surface area contributed by atoms with Crippen molar-refractivity contribution < 1.29 is 19.2 Å². The third kappa shape index (κ3) is 3.59. The molecule has 2 aromatic heterocycles. The van der Waals surface area contributed by atoms with Crippen molar-refractivity contribution in [3.05, 3.63) is 29.3 Å². The van der Waals surface area contributed by atoms with Crippen LogP contribution in [0.2, 0.25) is 0 Å². The number of rotatable bonds is 5. The molecule has 100 valence electrons. The Bertz CT molecular complexity index is 574. The Morgan fingerprint density at radius 2 is 2.16 bits per heavy atom. The molecule has 1 N–H and O–H groups in total. The molecule has 0 saturated carbocycles. The van der Waals surface area contributed by atoms with Crippen LogP contribution in [0.15, 0.2) is 16.7 Å². The molecule has 7 nitrogen and oxygen atoms in total. The number of ether oxygens (including phenoxy) is 1. The van der Waals surface area contributed by atoms with Gasteiger partial charge in [-0.3, -0.25) is 0 Å². The normalized spacial score (nSPS) is 10.6. The van der Waals surface area contributed by atoms with Crippen molar-refractivity contribution in [2.24, 2.45) is 0 Å². The SMILES string of the molecule is Cc1cc(C)nc(-c2noc(COCC(=O)O)n2)c1. The third-order valence-corrected chi connectivity index (χ3v) is 2.25. The average molecular weight is 263 g/mol. The van der Waals surface area contributed by atoms with Crippen LogP contribution in [0, 0.1) is 13.8 Å². The van der Waals surface area contributed by atoms with Crippen LogP contribution in [0.4, 0.5) is 0 Å². The Balaban J connectivity index is 2.09. The van der Waals surface area contributed by atoms with Crippen LogP contribution < -0.4 is 0 Å². The maximum atomic E-state index is 10.3. The maximum absolute atomic E-state index is 10.3. The number of hydrogen-bond acceptors (Lipinski definition) is 6. The Morgan fingerprint density at radius 1 is 1.37 bits per heavy atom. The van der Waals surface area contributed by atoms with Gasteiger partial charge >= 0.3 is 5.97 Å². The van der Waals surface area contributed by atoms with E-state index < -0.39 is 12.6 Å². The number of carbonyl (C=O) groups is 1. The minimum atomic E-state index is -1.05. The lowest BCUT2D eigenvalue weighted by Crippen LogP contribution is -2.06. The highest BCUT2D eigenvalue weighted by Crippen LogP contribution is 2.16. The number of pyridine rings is 1. The molecule has 0 radical (unpaired) electrons. The van der Waals surface area contributed by atoms with E-state index in [1.54, 1.807) is 0 Å². The van der Waals surface area contributed by atoms with Gasteiger partial charge in [0.1, 0.15) is 18.9 Å². The molecule has 0 aromatic carbocycles. The van der Waals surface area contributed by atoms with Crippen molar-refractivity contribution in [3.63, 3.8) is 0 Å². The molecule has 2 aromatic rings. The monoisotopic (exact) mass is 263 g/mol. The zero-order chi connectivity index (χ0) is 13.8. The van der Waals surface area contributed by atoms with E-state index in [-0.39, 0.29) is 12.5 Å². The number of aryl methyl sites for hydroxylation is 2. The first-order valence-corrected chi connectivity index (χ1v) is 5.62. The van der Waals surface area contributed by atoms with E-state index in [4.69, 9.17) is 14.4 Å². The zero-order valence-corrected chi connectivity index (χ0v) is 10.6. The molecule has 2 heterocycles. The van der Waals surface area contributed by atoms with E-state index in [1.165, 1.54) is 0 Å². The van der Waals surface area contributed by atoms with E-state index in [1.807, 2.05) is 26.0 Å². The van der Waals surface area contributed by atoms with Gasteiger partial charge in [-0.05, 0) is 31.5 Å². The van der Waals surface area contributed by atoms with Crippen LogP contribution >= 0.6 is 0 Å². The van der Waals surface area contributed by atoms with Gasteiger partial charge in [-0.15, -0.1) is 0 Å². The molecule has 0 aliphatic rings. The summed E-state index contributed by atoms with van der Waals surface area (Å²) in [5, 5.41) is 12.2. The highest BCUT2D eigenvalue weighted by atomic mass is 16.5. The second-order valence-corrected chi connectivity index (χ2v) is 4.07. The Hall–Kier alpha value is -2.28. The molecule has 0 unspecified atom stereocenters. The molecule has 7 heteroatoms. The fourth-order valence-corrected chi connectivity index (χ4v) is 1.60. The molecule has 0 atom stereocenters. The fraction of sp³-hybridized carbons (Fsp3) is 0.333. The summed E-state index contributed by atoms with van der Waals surface area (Å²) < 4.78 is 9.82. The summed E-state index contributed by atoms with van der Waals surface area (Å²) in [4.78, 5) is 18.7. The number of nitrogens with zero attached hydrogens (tertiary/aromatic N) is 3. The molecule has 19 heavy (non-hydrogen) atoms. The first kappa shape index (κ1) is 13.2. The number of carboxylic acids is 1. The van der Waals surface area contributed by atoms with Crippen molar-refractivity contribution in [2.75, 3.05) is 6.61 Å². The van der Waals surface area contributed by atoms with Crippen molar-refractivity contribution >= 4 is 5.97 Å². The van der Waals surface area contributed by atoms with E-state index in [0.29, 0.717) is 11.5 Å². The summed E-state index contributed by atoms with van der Waals surface area (Å²) in [5.74, 6) is -0.464. The van der Waals surface area contributed by atoms with Gasteiger partial charge in [0, 0.05) is 5.69 Å². The zero-order valence-electron chi connectivity index (χ0n) is 10.6. The van der Waals surface area contributed by atoms with E-state index in [0.717, 1.165) is 11.3 Å². The van der Waals surface area contributed by atoms with E-state index in [2.05, 4.69) is 15.1 Å². The first-order valence-electron chi connectivity index (χ1n) is 5.62. The number of carboxylic acid groups (broad SMARTS) is 1. The molecular weight excluding hydrogens is 250 g/mol. The molecule has 0 spiro atoms. The smallest absolute Gasteiger partial charge is 0.329 e. The van der Waals surface area contributed by atoms with Crippen LogP contribution in [-0.4, -0.2) is 32.8 Å². The van der Waals surface area contributed by atoms with Crippen molar-refractivity contribution in [1.29, 1.82) is 0 Å². The van der Waals surface area contributed by atoms with Crippen molar-refractivity contribution in [1.82, 2.24) is 15.1 Å². The minimum Gasteiger partial charge on any atom is -0.480 e. The quantitative estimate of drug-likeness (QED) is 0.869. The summed E-state index contributed by atoms with van der Waals surface area (Å²) in [6.07, 6.45) is 0. The molecule has 0 saturated heterocycles. The molecule has 0 aliphatic heterocycles. The summed E-state index contributed by atoms with van der Waals surface area (Å²) in [5.41, 5.74) is 2.53. The predicted molar refractivity (Wildman–Crippen MR) is 64.3 cm³/mol. The van der Waals surface area contributed by atoms with Gasteiger partial charge in [-0.1, -0.05) is 5.16 Å². The van der Waals surface area contributed by atoms with Gasteiger partial charge in [0.05, 0.1) is 0 Å². The van der Waals surface area contributed by atoms with Crippen LogP contribution in [0.25, 0.3) is 11.5 Å². The van der Waals surface area contributed by atoms with E-state index >= 15 is 0 Å². The van der Waals surface area contributed by atoms with Crippen LogP contribution in [0.1, 0.15) is 17.1 Å². The lowest BCUT2D eigenvalue weighted by atomic mass is 10.2. The molecule has 0 amide bonds. The summed E-state index contributed by atoms with van der Waals surface area (Å²) in [6, 6.07) is 3.79. The third-order valence-electron chi connectivity index (χ3n) is 2.25. The fourth-order valence-electron chi connectivity index (χ4n) is 1.60.